The predicted molar refractivity (Wildman–Crippen MR) is 129 cm³/mol. The van der Waals surface area contributed by atoms with Crippen LogP contribution in [0, 0.1) is 0 Å². The fraction of sp³-hybridized carbons (Fsp3) is 0.320. The molecule has 0 aliphatic heterocycles. The van der Waals surface area contributed by atoms with Gasteiger partial charge in [-0.05, 0) is 63.1 Å². The molecule has 33 heavy (non-hydrogen) atoms. The second-order valence-corrected chi connectivity index (χ2v) is 9.23. The molecule has 0 radical (unpaired) electrons. The summed E-state index contributed by atoms with van der Waals surface area (Å²) in [6.07, 6.45) is 1.24. The Balaban J connectivity index is 1.86. The number of carbonyl (C=O) groups is 2. The van der Waals surface area contributed by atoms with E-state index < -0.39 is 11.7 Å². The van der Waals surface area contributed by atoms with E-state index in [1.165, 1.54) is 16.2 Å². The molecule has 0 unspecified atom stereocenters. The van der Waals surface area contributed by atoms with Crippen LogP contribution >= 0.6 is 11.3 Å². The highest BCUT2D eigenvalue weighted by Gasteiger charge is 2.26. The maximum Gasteiger partial charge on any atom is 0.416 e. The van der Waals surface area contributed by atoms with Gasteiger partial charge in [0, 0.05) is 6.20 Å². The molecular weight excluding hydrogens is 440 g/mol. The van der Waals surface area contributed by atoms with Gasteiger partial charge in [0.05, 0.1) is 30.7 Å². The molecule has 3 aromatic rings. The number of esters is 1. The maximum atomic E-state index is 13.0. The molecule has 7 nitrogen and oxygen atoms in total. The summed E-state index contributed by atoms with van der Waals surface area (Å²) in [5.74, 6) is 0.384. The van der Waals surface area contributed by atoms with Crippen LogP contribution in [0.5, 0.6) is 5.75 Å². The molecule has 0 spiro atoms. The van der Waals surface area contributed by atoms with Crippen molar-refractivity contribution in [2.75, 3.05) is 18.6 Å². The van der Waals surface area contributed by atoms with Crippen molar-refractivity contribution in [1.82, 2.24) is 4.98 Å². The summed E-state index contributed by atoms with van der Waals surface area (Å²) in [7, 11) is 1.61. The van der Waals surface area contributed by atoms with E-state index in [-0.39, 0.29) is 5.97 Å². The highest BCUT2D eigenvalue weighted by molar-refractivity contribution is 7.19. The molecule has 0 bridgehead atoms. The predicted octanol–water partition coefficient (Wildman–Crippen LogP) is 5.94. The van der Waals surface area contributed by atoms with Gasteiger partial charge in [-0.2, -0.15) is 0 Å². The lowest BCUT2D eigenvalue weighted by molar-refractivity contribution is 0.0524. The normalized spacial score (nSPS) is 11.1. The largest absolute Gasteiger partial charge is 0.497 e. The van der Waals surface area contributed by atoms with Crippen LogP contribution in [-0.2, 0) is 16.0 Å². The van der Waals surface area contributed by atoms with E-state index in [4.69, 9.17) is 14.2 Å². The molecule has 0 fully saturated rings. The van der Waals surface area contributed by atoms with Crippen LogP contribution in [0.25, 0.3) is 10.4 Å². The minimum atomic E-state index is -0.641. The molecule has 8 heteroatoms. The molecule has 3 rings (SSSR count). The average molecular weight is 469 g/mol. The van der Waals surface area contributed by atoms with E-state index in [9.17, 15) is 9.59 Å². The van der Waals surface area contributed by atoms with Crippen LogP contribution in [0.1, 0.15) is 43.6 Å². The number of hydrogen-bond acceptors (Lipinski definition) is 7. The van der Waals surface area contributed by atoms with Gasteiger partial charge in [0.2, 0.25) is 0 Å². The number of rotatable bonds is 7. The topological polar surface area (TPSA) is 78.0 Å². The van der Waals surface area contributed by atoms with Crippen molar-refractivity contribution in [2.45, 2.75) is 39.8 Å². The van der Waals surface area contributed by atoms with Crippen molar-refractivity contribution < 1.29 is 23.8 Å². The number of carbonyl (C=O) groups excluding carboxylic acids is 2. The number of ether oxygens (including phenoxy) is 3. The molecule has 0 saturated heterocycles. The number of thiazole rings is 1. The molecule has 1 amide bonds. The Hall–Kier alpha value is -3.39. The Kier molecular flexibility index (Phi) is 7.71. The van der Waals surface area contributed by atoms with Crippen molar-refractivity contribution in [3.63, 3.8) is 0 Å². The van der Waals surface area contributed by atoms with Crippen molar-refractivity contribution >= 4 is 28.5 Å². The Morgan fingerprint density at radius 3 is 2.27 bits per heavy atom. The molecule has 174 valence electrons. The quantitative estimate of drug-likeness (QED) is 0.400. The summed E-state index contributed by atoms with van der Waals surface area (Å²) >= 11 is 1.37. The zero-order valence-electron chi connectivity index (χ0n) is 19.5. The fourth-order valence-electron chi connectivity index (χ4n) is 2.95. The first-order valence-corrected chi connectivity index (χ1v) is 11.4. The van der Waals surface area contributed by atoms with Crippen LogP contribution < -0.4 is 9.64 Å². The van der Waals surface area contributed by atoms with Gasteiger partial charge < -0.3 is 14.2 Å². The lowest BCUT2D eigenvalue weighted by Gasteiger charge is -2.26. The summed E-state index contributed by atoms with van der Waals surface area (Å²) in [5.41, 5.74) is 1.65. The van der Waals surface area contributed by atoms with Gasteiger partial charge in [-0.3, -0.25) is 0 Å². The fourth-order valence-corrected chi connectivity index (χ4v) is 3.86. The van der Waals surface area contributed by atoms with Crippen LogP contribution in [0.15, 0.2) is 54.7 Å². The average Bonchev–Trinajstić information content (AvgIpc) is 3.27. The van der Waals surface area contributed by atoms with Crippen molar-refractivity contribution in [1.29, 1.82) is 0 Å². The number of hydrogen-bond donors (Lipinski definition) is 0. The van der Waals surface area contributed by atoms with Gasteiger partial charge in [0.25, 0.3) is 0 Å². The number of benzene rings is 2. The van der Waals surface area contributed by atoms with Gasteiger partial charge in [-0.25, -0.2) is 19.5 Å². The minimum Gasteiger partial charge on any atom is -0.497 e. The third kappa shape index (κ3) is 6.55. The maximum absolute atomic E-state index is 13.0. The SMILES string of the molecule is CCOC(=O)c1ccc(-c2cnc(N(Cc3ccc(OC)cc3)C(=O)OC(C)(C)C)s2)cc1. The first-order chi connectivity index (χ1) is 15.7. The highest BCUT2D eigenvalue weighted by atomic mass is 32.1. The van der Waals surface area contributed by atoms with E-state index >= 15 is 0 Å². The molecular formula is C25H28N2O5S. The minimum absolute atomic E-state index is 0.299. The number of amides is 1. The molecule has 2 aromatic carbocycles. The summed E-state index contributed by atoms with van der Waals surface area (Å²) in [6, 6.07) is 14.6. The van der Waals surface area contributed by atoms with Crippen molar-refractivity contribution in [3.8, 4) is 16.2 Å². The Morgan fingerprint density at radius 2 is 1.70 bits per heavy atom. The van der Waals surface area contributed by atoms with Crippen LogP contribution in [0.4, 0.5) is 9.93 Å². The van der Waals surface area contributed by atoms with Gasteiger partial charge in [0.1, 0.15) is 11.4 Å². The van der Waals surface area contributed by atoms with Gasteiger partial charge in [-0.1, -0.05) is 35.6 Å². The first kappa shape index (κ1) is 24.3. The van der Waals surface area contributed by atoms with E-state index in [2.05, 4.69) is 4.98 Å². The Morgan fingerprint density at radius 1 is 1.03 bits per heavy atom. The van der Waals surface area contributed by atoms with Crippen molar-refractivity contribution in [3.05, 3.63) is 65.9 Å². The monoisotopic (exact) mass is 468 g/mol. The van der Waals surface area contributed by atoms with Gasteiger partial charge in [-0.15, -0.1) is 0 Å². The molecule has 0 saturated carbocycles. The third-order valence-electron chi connectivity index (χ3n) is 4.52. The van der Waals surface area contributed by atoms with E-state index in [1.54, 1.807) is 32.4 Å². The summed E-state index contributed by atoms with van der Waals surface area (Å²) < 4.78 is 15.9. The zero-order chi connectivity index (χ0) is 24.0. The van der Waals surface area contributed by atoms with E-state index in [1.807, 2.05) is 57.2 Å². The van der Waals surface area contributed by atoms with E-state index in [0.717, 1.165) is 21.8 Å². The van der Waals surface area contributed by atoms with Crippen molar-refractivity contribution in [2.24, 2.45) is 0 Å². The number of aromatic nitrogens is 1. The second-order valence-electron chi connectivity index (χ2n) is 8.22. The highest BCUT2D eigenvalue weighted by Crippen LogP contribution is 2.33. The summed E-state index contributed by atoms with van der Waals surface area (Å²) in [6.45, 7) is 7.88. The standard InChI is InChI=1S/C25H28N2O5S/c1-6-31-22(28)19-11-9-18(10-12-19)21-15-26-23(33-21)27(24(29)32-25(2,3)4)16-17-7-13-20(30-5)14-8-17/h7-15H,6,16H2,1-5H3. The molecule has 0 aliphatic carbocycles. The lowest BCUT2D eigenvalue weighted by Crippen LogP contribution is -2.36. The van der Waals surface area contributed by atoms with Crippen LogP contribution in [0.3, 0.4) is 0 Å². The third-order valence-corrected chi connectivity index (χ3v) is 5.59. The van der Waals surface area contributed by atoms with Crippen LogP contribution in [-0.4, -0.2) is 36.4 Å². The summed E-state index contributed by atoms with van der Waals surface area (Å²) in [5, 5.41) is 0.518. The second kappa shape index (κ2) is 10.5. The number of methoxy groups -OCH3 is 1. The van der Waals surface area contributed by atoms with Crippen LogP contribution in [0.2, 0.25) is 0 Å². The smallest absolute Gasteiger partial charge is 0.416 e. The molecule has 1 heterocycles. The molecule has 0 N–H and O–H groups in total. The van der Waals surface area contributed by atoms with Gasteiger partial charge in [0.15, 0.2) is 5.13 Å². The van der Waals surface area contributed by atoms with Gasteiger partial charge >= 0.3 is 12.1 Å². The lowest BCUT2D eigenvalue weighted by atomic mass is 10.1. The molecule has 0 atom stereocenters. The van der Waals surface area contributed by atoms with E-state index in [0.29, 0.717) is 23.8 Å². The molecule has 0 aliphatic rings. The Labute approximate surface area is 197 Å². The number of nitrogens with zero attached hydrogens (tertiary/aromatic N) is 2. The summed E-state index contributed by atoms with van der Waals surface area (Å²) in [4.78, 5) is 31.8. The Bertz CT molecular complexity index is 1090. The zero-order valence-corrected chi connectivity index (χ0v) is 20.3. The first-order valence-electron chi connectivity index (χ1n) is 10.6. The number of anilines is 1. The molecule has 1 aromatic heterocycles.